The SMILES string of the molecule is O=C(CNc1cccc(F)c1Cl)N/N=C/c1ccccc1O. The number of carbonyl (C=O) groups is 1. The molecular weight excluding hydrogens is 309 g/mol. The van der Waals surface area contributed by atoms with E-state index >= 15 is 0 Å². The monoisotopic (exact) mass is 321 g/mol. The first-order valence-electron chi connectivity index (χ1n) is 6.35. The minimum atomic E-state index is -0.565. The summed E-state index contributed by atoms with van der Waals surface area (Å²) < 4.78 is 13.2. The van der Waals surface area contributed by atoms with Crippen LogP contribution in [0.1, 0.15) is 5.56 Å². The summed E-state index contributed by atoms with van der Waals surface area (Å²) in [5, 5.41) is 15.9. The molecule has 2 aromatic carbocycles. The molecule has 0 saturated heterocycles. The quantitative estimate of drug-likeness (QED) is 0.585. The van der Waals surface area contributed by atoms with Gasteiger partial charge in [0.25, 0.3) is 5.91 Å². The summed E-state index contributed by atoms with van der Waals surface area (Å²) in [5.74, 6) is -0.943. The maximum absolute atomic E-state index is 13.2. The predicted molar refractivity (Wildman–Crippen MR) is 83.7 cm³/mol. The van der Waals surface area contributed by atoms with Gasteiger partial charge in [0.2, 0.25) is 0 Å². The Morgan fingerprint density at radius 2 is 2.05 bits per heavy atom. The second kappa shape index (κ2) is 7.42. The zero-order valence-electron chi connectivity index (χ0n) is 11.4. The molecule has 0 aromatic heterocycles. The number of phenolic OH excluding ortho intramolecular Hbond substituents is 1. The molecule has 1 amide bonds. The molecule has 2 aromatic rings. The largest absolute Gasteiger partial charge is 0.507 e. The first-order valence-corrected chi connectivity index (χ1v) is 6.73. The van der Waals surface area contributed by atoms with Crippen LogP contribution in [-0.4, -0.2) is 23.8 Å². The highest BCUT2D eigenvalue weighted by atomic mass is 35.5. The zero-order valence-corrected chi connectivity index (χ0v) is 12.1. The molecule has 0 heterocycles. The third-order valence-corrected chi connectivity index (χ3v) is 3.10. The molecule has 7 heteroatoms. The Morgan fingerprint density at radius 1 is 1.27 bits per heavy atom. The lowest BCUT2D eigenvalue weighted by Crippen LogP contribution is -2.26. The number of nitrogens with one attached hydrogen (secondary N) is 2. The van der Waals surface area contributed by atoms with Crippen LogP contribution in [0.2, 0.25) is 5.02 Å². The first kappa shape index (κ1) is 15.8. The van der Waals surface area contributed by atoms with E-state index in [0.717, 1.165) is 0 Å². The van der Waals surface area contributed by atoms with E-state index in [2.05, 4.69) is 15.8 Å². The van der Waals surface area contributed by atoms with Gasteiger partial charge in [0.05, 0.1) is 23.5 Å². The molecule has 0 aliphatic rings. The van der Waals surface area contributed by atoms with Gasteiger partial charge in [0.1, 0.15) is 11.6 Å². The lowest BCUT2D eigenvalue weighted by atomic mass is 10.2. The summed E-state index contributed by atoms with van der Waals surface area (Å²) >= 11 is 5.75. The van der Waals surface area contributed by atoms with Gasteiger partial charge in [0.15, 0.2) is 0 Å². The van der Waals surface area contributed by atoms with Gasteiger partial charge >= 0.3 is 0 Å². The number of halogens is 2. The van der Waals surface area contributed by atoms with Crippen LogP contribution in [0.4, 0.5) is 10.1 Å². The highest BCUT2D eigenvalue weighted by Crippen LogP contribution is 2.23. The molecular formula is C15H13ClFN3O2. The van der Waals surface area contributed by atoms with Crippen molar-refractivity contribution in [1.29, 1.82) is 0 Å². The molecule has 114 valence electrons. The molecule has 0 fully saturated rings. The number of hydrogen-bond acceptors (Lipinski definition) is 4. The molecule has 0 bridgehead atoms. The van der Waals surface area contributed by atoms with Crippen molar-refractivity contribution in [3.05, 3.63) is 58.9 Å². The smallest absolute Gasteiger partial charge is 0.259 e. The van der Waals surface area contributed by atoms with Crippen molar-refractivity contribution in [3.8, 4) is 5.75 Å². The topological polar surface area (TPSA) is 73.7 Å². The summed E-state index contributed by atoms with van der Waals surface area (Å²) in [6.07, 6.45) is 1.32. The molecule has 0 aliphatic carbocycles. The number of rotatable bonds is 5. The van der Waals surface area contributed by atoms with E-state index in [1.807, 2.05) is 0 Å². The van der Waals surface area contributed by atoms with Crippen molar-refractivity contribution < 1.29 is 14.3 Å². The van der Waals surface area contributed by atoms with Gasteiger partial charge in [-0.25, -0.2) is 9.82 Å². The van der Waals surface area contributed by atoms with Gasteiger partial charge in [-0.05, 0) is 24.3 Å². The highest BCUT2D eigenvalue weighted by molar-refractivity contribution is 6.33. The van der Waals surface area contributed by atoms with Crippen molar-refractivity contribution in [2.24, 2.45) is 5.10 Å². The average Bonchev–Trinajstić information content (AvgIpc) is 2.51. The summed E-state index contributed by atoms with van der Waals surface area (Å²) in [4.78, 5) is 11.6. The minimum Gasteiger partial charge on any atom is -0.507 e. The molecule has 2 rings (SSSR count). The number of benzene rings is 2. The Bertz CT molecular complexity index is 707. The molecule has 0 saturated carbocycles. The van der Waals surface area contributed by atoms with E-state index < -0.39 is 11.7 Å². The molecule has 0 spiro atoms. The molecule has 5 nitrogen and oxygen atoms in total. The summed E-state index contributed by atoms with van der Waals surface area (Å²) in [5.41, 5.74) is 3.08. The van der Waals surface area contributed by atoms with Crippen LogP contribution in [-0.2, 0) is 4.79 Å². The van der Waals surface area contributed by atoms with Crippen LogP contribution in [0, 0.1) is 5.82 Å². The van der Waals surface area contributed by atoms with E-state index in [0.29, 0.717) is 11.3 Å². The lowest BCUT2D eigenvalue weighted by Gasteiger charge is -2.07. The molecule has 3 N–H and O–H groups in total. The number of hydrazone groups is 1. The highest BCUT2D eigenvalue weighted by Gasteiger charge is 2.06. The van der Waals surface area contributed by atoms with E-state index in [9.17, 15) is 14.3 Å². The predicted octanol–water partition coefficient (Wildman–Crippen LogP) is 2.75. The van der Waals surface area contributed by atoms with Gasteiger partial charge in [-0.3, -0.25) is 4.79 Å². The van der Waals surface area contributed by atoms with Crippen molar-refractivity contribution in [2.45, 2.75) is 0 Å². The Labute approximate surface area is 131 Å². The number of aromatic hydroxyl groups is 1. The van der Waals surface area contributed by atoms with Crippen molar-refractivity contribution in [2.75, 3.05) is 11.9 Å². The van der Waals surface area contributed by atoms with Crippen molar-refractivity contribution in [1.82, 2.24) is 5.43 Å². The number of hydrogen-bond donors (Lipinski definition) is 3. The van der Waals surface area contributed by atoms with Crippen LogP contribution < -0.4 is 10.7 Å². The summed E-state index contributed by atoms with van der Waals surface area (Å²) in [6, 6.07) is 10.8. The molecule has 0 atom stereocenters. The maximum atomic E-state index is 13.2. The Kier molecular flexibility index (Phi) is 5.32. The van der Waals surface area contributed by atoms with Crippen LogP contribution in [0.5, 0.6) is 5.75 Å². The molecule has 0 unspecified atom stereocenters. The van der Waals surface area contributed by atoms with E-state index in [-0.39, 0.29) is 17.3 Å². The fourth-order valence-electron chi connectivity index (χ4n) is 1.63. The molecule has 0 radical (unpaired) electrons. The third kappa shape index (κ3) is 4.20. The normalized spacial score (nSPS) is 10.6. The fourth-order valence-corrected chi connectivity index (χ4v) is 1.82. The molecule has 0 aliphatic heterocycles. The second-order valence-corrected chi connectivity index (χ2v) is 4.68. The van der Waals surface area contributed by atoms with E-state index in [1.54, 1.807) is 24.3 Å². The van der Waals surface area contributed by atoms with E-state index in [4.69, 9.17) is 11.6 Å². The Balaban J connectivity index is 1.86. The first-order chi connectivity index (χ1) is 10.6. The van der Waals surface area contributed by atoms with Crippen LogP contribution in [0.15, 0.2) is 47.6 Å². The standard InChI is InChI=1S/C15H13ClFN3O2/c16-15-11(17)5-3-6-12(15)18-9-14(22)20-19-8-10-4-1-2-7-13(10)21/h1-8,18,21H,9H2,(H,20,22)/b19-8+. The fraction of sp³-hybridized carbons (Fsp3) is 0.0667. The lowest BCUT2D eigenvalue weighted by molar-refractivity contribution is -0.119. The number of amides is 1. The number of para-hydroxylation sites is 1. The summed E-state index contributed by atoms with van der Waals surface area (Å²) in [6.45, 7) is -0.124. The van der Waals surface area contributed by atoms with Crippen molar-refractivity contribution in [3.63, 3.8) is 0 Å². The van der Waals surface area contributed by atoms with Crippen LogP contribution >= 0.6 is 11.6 Å². The van der Waals surface area contributed by atoms with Gasteiger partial charge < -0.3 is 10.4 Å². The summed E-state index contributed by atoms with van der Waals surface area (Å²) in [7, 11) is 0. The van der Waals surface area contributed by atoms with Crippen molar-refractivity contribution >= 4 is 29.4 Å². The van der Waals surface area contributed by atoms with E-state index in [1.165, 1.54) is 24.4 Å². The van der Waals surface area contributed by atoms with Gasteiger partial charge in [-0.15, -0.1) is 0 Å². The number of nitrogens with zero attached hydrogens (tertiary/aromatic N) is 1. The Morgan fingerprint density at radius 3 is 2.82 bits per heavy atom. The van der Waals surface area contributed by atoms with Crippen LogP contribution in [0.25, 0.3) is 0 Å². The molecule has 22 heavy (non-hydrogen) atoms. The number of carbonyl (C=O) groups excluding carboxylic acids is 1. The van der Waals surface area contributed by atoms with Gasteiger partial charge in [-0.2, -0.15) is 5.10 Å². The number of anilines is 1. The average molecular weight is 322 g/mol. The second-order valence-electron chi connectivity index (χ2n) is 4.31. The third-order valence-electron chi connectivity index (χ3n) is 2.72. The minimum absolute atomic E-state index is 0.0603. The zero-order chi connectivity index (χ0) is 15.9. The van der Waals surface area contributed by atoms with Gasteiger partial charge in [0, 0.05) is 5.56 Å². The van der Waals surface area contributed by atoms with Gasteiger partial charge in [-0.1, -0.05) is 29.8 Å². The van der Waals surface area contributed by atoms with Crippen LogP contribution in [0.3, 0.4) is 0 Å². The number of phenols is 1. The Hall–Kier alpha value is -2.60. The maximum Gasteiger partial charge on any atom is 0.259 e.